The number of terminal acetylenes is 1. The molecule has 0 aromatic rings. The minimum atomic E-state index is -0.246. The van der Waals surface area contributed by atoms with Gasteiger partial charge in [-0.15, -0.1) is 12.3 Å². The van der Waals surface area contributed by atoms with Crippen LogP contribution in [0.15, 0.2) is 11.6 Å². The van der Waals surface area contributed by atoms with Crippen molar-refractivity contribution in [3.05, 3.63) is 11.6 Å². The molecule has 2 aliphatic rings. The van der Waals surface area contributed by atoms with Gasteiger partial charge < -0.3 is 5.11 Å². The highest BCUT2D eigenvalue weighted by Gasteiger charge is 2.45. The lowest BCUT2D eigenvalue weighted by Gasteiger charge is -2.48. The molecule has 2 rings (SSSR count). The highest BCUT2D eigenvalue weighted by Crippen LogP contribution is 2.51. The minimum Gasteiger partial charge on any atom is -0.392 e. The lowest BCUT2D eigenvalue weighted by atomic mass is 9.57. The molecule has 1 heteroatoms. The summed E-state index contributed by atoms with van der Waals surface area (Å²) in [7, 11) is 0. The van der Waals surface area contributed by atoms with Crippen LogP contribution in [-0.2, 0) is 0 Å². The van der Waals surface area contributed by atoms with Gasteiger partial charge in [0.15, 0.2) is 0 Å². The van der Waals surface area contributed by atoms with Gasteiger partial charge in [0.05, 0.1) is 6.10 Å². The first-order valence-electron chi connectivity index (χ1n) is 6.11. The van der Waals surface area contributed by atoms with Crippen LogP contribution in [-0.4, -0.2) is 11.2 Å². The second-order valence-corrected chi connectivity index (χ2v) is 4.88. The smallest absolute Gasteiger partial charge is 0.0680 e. The van der Waals surface area contributed by atoms with E-state index in [0.29, 0.717) is 11.8 Å². The van der Waals surface area contributed by atoms with Crippen LogP contribution in [0.4, 0.5) is 0 Å². The lowest BCUT2D eigenvalue weighted by molar-refractivity contribution is 0.0139. The zero-order chi connectivity index (χ0) is 10.8. The first kappa shape index (κ1) is 10.8. The molecular formula is C14H20O. The molecule has 0 amide bonds. The largest absolute Gasteiger partial charge is 0.392 e. The number of aliphatic hydroxyl groups excluding tert-OH is 1. The third kappa shape index (κ3) is 1.84. The SMILES string of the molecule is C#C[C@@H]1[C@H]2C/C(=C/CCC)[C@H]2CC[C@H]1O. The van der Waals surface area contributed by atoms with Gasteiger partial charge in [-0.05, 0) is 37.5 Å². The van der Waals surface area contributed by atoms with Gasteiger partial charge in [-0.25, -0.2) is 0 Å². The Labute approximate surface area is 92.6 Å². The summed E-state index contributed by atoms with van der Waals surface area (Å²) in [4.78, 5) is 0. The van der Waals surface area contributed by atoms with Gasteiger partial charge in [-0.2, -0.15) is 0 Å². The van der Waals surface area contributed by atoms with Crippen LogP contribution in [0, 0.1) is 30.1 Å². The van der Waals surface area contributed by atoms with Crippen LogP contribution >= 0.6 is 0 Å². The second-order valence-electron chi connectivity index (χ2n) is 4.88. The number of fused-ring (bicyclic) bond motifs is 1. The average molecular weight is 204 g/mol. The van der Waals surface area contributed by atoms with E-state index in [1.54, 1.807) is 5.57 Å². The van der Waals surface area contributed by atoms with E-state index in [1.807, 2.05) is 0 Å². The number of hydrogen-bond donors (Lipinski definition) is 1. The van der Waals surface area contributed by atoms with Gasteiger partial charge in [-0.1, -0.05) is 25.0 Å². The first-order valence-corrected chi connectivity index (χ1v) is 6.11. The van der Waals surface area contributed by atoms with E-state index in [4.69, 9.17) is 6.42 Å². The summed E-state index contributed by atoms with van der Waals surface area (Å²) in [6.07, 6.45) is 13.2. The molecule has 82 valence electrons. The molecule has 4 atom stereocenters. The Balaban J connectivity index is 2.01. The number of aliphatic hydroxyl groups is 1. The van der Waals surface area contributed by atoms with Crippen LogP contribution in [0.25, 0.3) is 0 Å². The number of allylic oxidation sites excluding steroid dienone is 2. The third-order valence-electron chi connectivity index (χ3n) is 4.00. The van der Waals surface area contributed by atoms with Crippen LogP contribution in [0.3, 0.4) is 0 Å². The maximum absolute atomic E-state index is 9.79. The van der Waals surface area contributed by atoms with E-state index in [0.717, 1.165) is 19.3 Å². The van der Waals surface area contributed by atoms with Gasteiger partial charge in [0, 0.05) is 5.92 Å². The van der Waals surface area contributed by atoms with Crippen LogP contribution in [0.1, 0.15) is 39.0 Å². The van der Waals surface area contributed by atoms with E-state index >= 15 is 0 Å². The van der Waals surface area contributed by atoms with E-state index in [9.17, 15) is 5.11 Å². The topological polar surface area (TPSA) is 20.2 Å². The molecule has 0 aromatic carbocycles. The zero-order valence-corrected chi connectivity index (χ0v) is 9.45. The summed E-state index contributed by atoms with van der Waals surface area (Å²) in [6, 6.07) is 0. The Morgan fingerprint density at radius 1 is 1.53 bits per heavy atom. The molecule has 0 radical (unpaired) electrons. The third-order valence-corrected chi connectivity index (χ3v) is 4.00. The van der Waals surface area contributed by atoms with Gasteiger partial charge >= 0.3 is 0 Å². The van der Waals surface area contributed by atoms with Crippen molar-refractivity contribution in [1.29, 1.82) is 0 Å². The van der Waals surface area contributed by atoms with Gasteiger partial charge in [0.2, 0.25) is 0 Å². The van der Waals surface area contributed by atoms with Gasteiger partial charge in [-0.3, -0.25) is 0 Å². The van der Waals surface area contributed by atoms with Crippen LogP contribution < -0.4 is 0 Å². The molecule has 0 unspecified atom stereocenters. The average Bonchev–Trinajstić information content (AvgIpc) is 2.21. The maximum Gasteiger partial charge on any atom is 0.0680 e. The lowest BCUT2D eigenvalue weighted by Crippen LogP contribution is -2.44. The van der Waals surface area contributed by atoms with Crippen molar-refractivity contribution in [2.75, 3.05) is 0 Å². The molecule has 0 saturated heterocycles. The molecule has 0 bridgehead atoms. The number of rotatable bonds is 2. The molecule has 1 nitrogen and oxygen atoms in total. The zero-order valence-electron chi connectivity index (χ0n) is 9.45. The second kappa shape index (κ2) is 4.41. The molecule has 2 aliphatic carbocycles. The standard InChI is InChI=1S/C14H20O/c1-3-5-6-10-9-13-11(4-2)14(15)8-7-12(10)13/h2,6,11-15H,3,5,7-9H2,1H3/b10-6-/t11-,12-,13-,14-/m1/s1. The molecule has 15 heavy (non-hydrogen) atoms. The van der Waals surface area contributed by atoms with E-state index in [-0.39, 0.29) is 12.0 Å². The predicted octanol–water partition coefficient (Wildman–Crippen LogP) is 2.75. The summed E-state index contributed by atoms with van der Waals surface area (Å²) < 4.78 is 0. The fourth-order valence-corrected chi connectivity index (χ4v) is 3.07. The maximum atomic E-state index is 9.79. The Morgan fingerprint density at radius 3 is 3.00 bits per heavy atom. The molecule has 0 spiro atoms. The number of hydrogen-bond acceptors (Lipinski definition) is 1. The Bertz CT molecular complexity index is 297. The quantitative estimate of drug-likeness (QED) is 0.541. The summed E-state index contributed by atoms with van der Waals surface area (Å²) in [6.45, 7) is 2.21. The molecule has 0 aromatic heterocycles. The molecule has 2 fully saturated rings. The minimum absolute atomic E-state index is 0.113. The molecule has 2 saturated carbocycles. The van der Waals surface area contributed by atoms with Crippen molar-refractivity contribution in [1.82, 2.24) is 0 Å². The predicted molar refractivity (Wildman–Crippen MR) is 62.2 cm³/mol. The molecular weight excluding hydrogens is 184 g/mol. The Hall–Kier alpha value is -0.740. The molecule has 0 aliphatic heterocycles. The highest BCUT2D eigenvalue weighted by molar-refractivity contribution is 5.24. The summed E-state index contributed by atoms with van der Waals surface area (Å²) >= 11 is 0. The van der Waals surface area contributed by atoms with Crippen molar-refractivity contribution in [3.8, 4) is 12.3 Å². The summed E-state index contributed by atoms with van der Waals surface area (Å²) in [5.74, 6) is 4.16. The molecule has 1 N–H and O–H groups in total. The molecule has 0 heterocycles. The van der Waals surface area contributed by atoms with Gasteiger partial charge in [0.25, 0.3) is 0 Å². The normalized spacial score (nSPS) is 41.8. The number of unbranched alkanes of at least 4 members (excludes halogenated alkanes) is 1. The van der Waals surface area contributed by atoms with Gasteiger partial charge in [0.1, 0.15) is 0 Å². The summed E-state index contributed by atoms with van der Waals surface area (Å²) in [5, 5.41) is 9.79. The Kier molecular flexibility index (Phi) is 3.17. The Morgan fingerprint density at radius 2 is 2.33 bits per heavy atom. The first-order chi connectivity index (χ1) is 7.27. The fourth-order valence-electron chi connectivity index (χ4n) is 3.07. The fraction of sp³-hybridized carbons (Fsp3) is 0.714. The monoisotopic (exact) mass is 204 g/mol. The van der Waals surface area contributed by atoms with Crippen molar-refractivity contribution in [2.24, 2.45) is 17.8 Å². The van der Waals surface area contributed by atoms with E-state index in [1.165, 1.54) is 12.8 Å². The summed E-state index contributed by atoms with van der Waals surface area (Å²) in [5.41, 5.74) is 1.61. The van der Waals surface area contributed by atoms with Crippen molar-refractivity contribution >= 4 is 0 Å². The van der Waals surface area contributed by atoms with Crippen molar-refractivity contribution < 1.29 is 5.11 Å². The van der Waals surface area contributed by atoms with E-state index < -0.39 is 0 Å². The van der Waals surface area contributed by atoms with Crippen LogP contribution in [0.2, 0.25) is 0 Å². The van der Waals surface area contributed by atoms with Crippen molar-refractivity contribution in [2.45, 2.75) is 45.1 Å². The van der Waals surface area contributed by atoms with Crippen LogP contribution in [0.5, 0.6) is 0 Å². The van der Waals surface area contributed by atoms with Crippen molar-refractivity contribution in [3.63, 3.8) is 0 Å². The highest BCUT2D eigenvalue weighted by atomic mass is 16.3. The van der Waals surface area contributed by atoms with E-state index in [2.05, 4.69) is 18.9 Å².